The lowest BCUT2D eigenvalue weighted by atomic mass is 10.1. The van der Waals surface area contributed by atoms with Gasteiger partial charge in [-0.1, -0.05) is 19.8 Å². The molecule has 1 amide bonds. The molecule has 3 rings (SSSR count). The third-order valence-electron chi connectivity index (χ3n) is 4.43. The summed E-state index contributed by atoms with van der Waals surface area (Å²) < 4.78 is 5.28. The normalized spacial score (nSPS) is 15.1. The van der Waals surface area contributed by atoms with Gasteiger partial charge in [-0.15, -0.1) is 0 Å². The molecular weight excluding hydrogens is 302 g/mol. The number of amides is 1. The van der Waals surface area contributed by atoms with E-state index in [0.29, 0.717) is 18.0 Å². The zero-order valence-electron chi connectivity index (χ0n) is 14.3. The van der Waals surface area contributed by atoms with Crippen LogP contribution in [0.2, 0.25) is 0 Å². The number of benzene rings is 1. The average molecular weight is 327 g/mol. The molecule has 1 aromatic heterocycles. The molecule has 1 aromatic carbocycles. The molecule has 0 bridgehead atoms. The third-order valence-corrected chi connectivity index (χ3v) is 4.43. The van der Waals surface area contributed by atoms with Crippen LogP contribution in [0.25, 0.3) is 0 Å². The highest BCUT2D eigenvalue weighted by Crippen LogP contribution is 2.20. The second-order valence-electron chi connectivity index (χ2n) is 6.22. The van der Waals surface area contributed by atoms with Gasteiger partial charge in [-0.3, -0.25) is 4.79 Å². The standard InChI is InChI=1S/C19H25N3O2/c1-2-18-21-16(14-24-18)13-20-19(23)15-7-9-17(10-8-15)22-11-5-3-4-6-12-22/h7-10,14H,2-6,11-13H2,1H3,(H,20,23). The molecule has 1 N–H and O–H groups in total. The minimum Gasteiger partial charge on any atom is -0.449 e. The maximum Gasteiger partial charge on any atom is 0.251 e. The molecule has 1 fully saturated rings. The minimum absolute atomic E-state index is 0.0848. The second kappa shape index (κ2) is 7.99. The molecule has 0 unspecified atom stereocenters. The Labute approximate surface area is 143 Å². The van der Waals surface area contributed by atoms with E-state index >= 15 is 0 Å². The van der Waals surface area contributed by atoms with E-state index < -0.39 is 0 Å². The van der Waals surface area contributed by atoms with Crippen molar-refractivity contribution in [3.8, 4) is 0 Å². The molecule has 5 heteroatoms. The lowest BCUT2D eigenvalue weighted by molar-refractivity contribution is 0.0950. The number of nitrogens with one attached hydrogen (secondary N) is 1. The van der Waals surface area contributed by atoms with Crippen LogP contribution in [0.1, 0.15) is 54.5 Å². The summed E-state index contributed by atoms with van der Waals surface area (Å²) in [6.45, 7) is 4.59. The lowest BCUT2D eigenvalue weighted by Crippen LogP contribution is -2.25. The number of hydrogen-bond donors (Lipinski definition) is 1. The monoisotopic (exact) mass is 327 g/mol. The van der Waals surface area contributed by atoms with Crippen LogP contribution in [-0.2, 0) is 13.0 Å². The Morgan fingerprint density at radius 2 is 1.88 bits per heavy atom. The van der Waals surface area contributed by atoms with E-state index in [-0.39, 0.29) is 5.91 Å². The molecule has 0 aliphatic carbocycles. The summed E-state index contributed by atoms with van der Waals surface area (Å²) in [5, 5.41) is 2.89. The van der Waals surface area contributed by atoms with E-state index in [4.69, 9.17) is 4.42 Å². The van der Waals surface area contributed by atoms with Gasteiger partial charge in [0.25, 0.3) is 5.91 Å². The molecule has 24 heavy (non-hydrogen) atoms. The predicted octanol–water partition coefficient (Wildman–Crippen LogP) is 3.55. The molecule has 0 spiro atoms. The fourth-order valence-electron chi connectivity index (χ4n) is 3.02. The molecule has 128 valence electrons. The SMILES string of the molecule is CCc1nc(CNC(=O)c2ccc(N3CCCCCC3)cc2)co1. The van der Waals surface area contributed by atoms with Gasteiger partial charge in [-0.05, 0) is 37.1 Å². The number of aryl methyl sites for hydroxylation is 1. The Kier molecular flexibility index (Phi) is 5.51. The van der Waals surface area contributed by atoms with Gasteiger partial charge in [-0.25, -0.2) is 4.98 Å². The first-order valence-corrected chi connectivity index (χ1v) is 8.83. The Balaban J connectivity index is 1.56. The lowest BCUT2D eigenvalue weighted by Gasteiger charge is -2.22. The van der Waals surface area contributed by atoms with E-state index in [2.05, 4.69) is 15.2 Å². The van der Waals surface area contributed by atoms with Crippen molar-refractivity contribution in [2.24, 2.45) is 0 Å². The van der Waals surface area contributed by atoms with Crippen molar-refractivity contribution >= 4 is 11.6 Å². The molecule has 0 saturated carbocycles. The van der Waals surface area contributed by atoms with Crippen LogP contribution in [0.15, 0.2) is 34.9 Å². The summed E-state index contributed by atoms with van der Waals surface area (Å²) in [4.78, 5) is 19.0. The van der Waals surface area contributed by atoms with Crippen molar-refractivity contribution < 1.29 is 9.21 Å². The smallest absolute Gasteiger partial charge is 0.251 e. The van der Waals surface area contributed by atoms with Gasteiger partial charge in [0.15, 0.2) is 5.89 Å². The van der Waals surface area contributed by atoms with Crippen molar-refractivity contribution in [1.82, 2.24) is 10.3 Å². The van der Waals surface area contributed by atoms with Gasteiger partial charge >= 0.3 is 0 Å². The Morgan fingerprint density at radius 3 is 2.50 bits per heavy atom. The van der Waals surface area contributed by atoms with Crippen LogP contribution in [0.4, 0.5) is 5.69 Å². The maximum atomic E-state index is 12.3. The first-order valence-electron chi connectivity index (χ1n) is 8.83. The predicted molar refractivity (Wildman–Crippen MR) is 94.2 cm³/mol. The van der Waals surface area contributed by atoms with Crippen LogP contribution in [-0.4, -0.2) is 24.0 Å². The average Bonchev–Trinajstić information content (AvgIpc) is 2.92. The van der Waals surface area contributed by atoms with Crippen molar-refractivity contribution in [3.63, 3.8) is 0 Å². The summed E-state index contributed by atoms with van der Waals surface area (Å²) in [5.41, 5.74) is 2.63. The molecule has 1 aliphatic heterocycles. The molecule has 2 aromatic rings. The maximum absolute atomic E-state index is 12.3. The molecule has 0 radical (unpaired) electrons. The number of hydrogen-bond acceptors (Lipinski definition) is 4. The molecule has 5 nitrogen and oxygen atoms in total. The van der Waals surface area contributed by atoms with Crippen molar-refractivity contribution in [2.45, 2.75) is 45.6 Å². The summed E-state index contributed by atoms with van der Waals surface area (Å²) in [6, 6.07) is 7.89. The Morgan fingerprint density at radius 1 is 1.17 bits per heavy atom. The number of oxazole rings is 1. The van der Waals surface area contributed by atoms with Gasteiger partial charge in [0.2, 0.25) is 0 Å². The van der Waals surface area contributed by atoms with Gasteiger partial charge in [0.05, 0.1) is 12.2 Å². The zero-order valence-corrected chi connectivity index (χ0v) is 14.3. The van der Waals surface area contributed by atoms with Gasteiger partial charge in [0.1, 0.15) is 6.26 Å². The highest BCUT2D eigenvalue weighted by atomic mass is 16.3. The molecule has 1 saturated heterocycles. The topological polar surface area (TPSA) is 58.4 Å². The molecule has 1 aliphatic rings. The molecule has 2 heterocycles. The Bertz CT molecular complexity index is 656. The number of carbonyl (C=O) groups excluding carboxylic acids is 1. The van der Waals surface area contributed by atoms with Crippen LogP contribution in [0.5, 0.6) is 0 Å². The van der Waals surface area contributed by atoms with Crippen LogP contribution < -0.4 is 10.2 Å². The molecular formula is C19H25N3O2. The first kappa shape index (κ1) is 16.6. The summed E-state index contributed by atoms with van der Waals surface area (Å²) in [6.07, 6.45) is 7.49. The largest absolute Gasteiger partial charge is 0.449 e. The first-order chi connectivity index (χ1) is 11.8. The fraction of sp³-hybridized carbons (Fsp3) is 0.474. The fourth-order valence-corrected chi connectivity index (χ4v) is 3.02. The quantitative estimate of drug-likeness (QED) is 0.912. The number of carbonyl (C=O) groups is 1. The van der Waals surface area contributed by atoms with E-state index in [1.54, 1.807) is 6.26 Å². The van der Waals surface area contributed by atoms with E-state index in [9.17, 15) is 4.79 Å². The highest BCUT2D eigenvalue weighted by molar-refractivity contribution is 5.94. The zero-order chi connectivity index (χ0) is 16.8. The number of nitrogens with zero attached hydrogens (tertiary/aromatic N) is 2. The minimum atomic E-state index is -0.0848. The summed E-state index contributed by atoms with van der Waals surface area (Å²) in [7, 11) is 0. The van der Waals surface area contributed by atoms with Gasteiger partial charge < -0.3 is 14.6 Å². The summed E-state index contributed by atoms with van der Waals surface area (Å²) >= 11 is 0. The van der Waals surface area contributed by atoms with E-state index in [1.807, 2.05) is 31.2 Å². The third kappa shape index (κ3) is 4.16. The van der Waals surface area contributed by atoms with Crippen LogP contribution >= 0.6 is 0 Å². The highest BCUT2D eigenvalue weighted by Gasteiger charge is 2.11. The van der Waals surface area contributed by atoms with Crippen molar-refractivity contribution in [3.05, 3.63) is 47.7 Å². The number of anilines is 1. The van der Waals surface area contributed by atoms with E-state index in [1.165, 1.54) is 31.4 Å². The summed E-state index contributed by atoms with van der Waals surface area (Å²) in [5.74, 6) is 0.611. The second-order valence-corrected chi connectivity index (χ2v) is 6.22. The van der Waals surface area contributed by atoms with Crippen molar-refractivity contribution in [2.75, 3.05) is 18.0 Å². The van der Waals surface area contributed by atoms with Crippen molar-refractivity contribution in [1.29, 1.82) is 0 Å². The van der Waals surface area contributed by atoms with Gasteiger partial charge in [0, 0.05) is 30.8 Å². The molecule has 0 atom stereocenters. The number of aromatic nitrogens is 1. The Hall–Kier alpha value is -2.30. The van der Waals surface area contributed by atoms with E-state index in [0.717, 1.165) is 25.2 Å². The van der Waals surface area contributed by atoms with Crippen LogP contribution in [0, 0.1) is 0 Å². The van der Waals surface area contributed by atoms with Crippen LogP contribution in [0.3, 0.4) is 0 Å². The number of rotatable bonds is 5. The van der Waals surface area contributed by atoms with Gasteiger partial charge in [-0.2, -0.15) is 0 Å².